The number of carbonyl (C=O) groups excluding carboxylic acids is 1. The van der Waals surface area contributed by atoms with Gasteiger partial charge < -0.3 is 15.8 Å². The van der Waals surface area contributed by atoms with Gasteiger partial charge in [0, 0.05) is 11.4 Å². The SMILES string of the molecule is Cc1cc(OC(F)(F)F)ccc1NC(=O)c1ccccc1N. The van der Waals surface area contributed by atoms with Crippen molar-refractivity contribution < 1.29 is 22.7 Å². The van der Waals surface area contributed by atoms with Crippen molar-refractivity contribution in [2.24, 2.45) is 0 Å². The standard InChI is InChI=1S/C15H13F3N2O2/c1-9-8-10(22-15(16,17)18)6-7-13(9)20-14(21)11-4-2-3-5-12(11)19/h2-8H,19H2,1H3,(H,20,21). The van der Waals surface area contributed by atoms with E-state index in [1.807, 2.05) is 0 Å². The molecule has 1 amide bonds. The van der Waals surface area contributed by atoms with E-state index in [0.29, 0.717) is 16.9 Å². The summed E-state index contributed by atoms with van der Waals surface area (Å²) in [6.07, 6.45) is -4.75. The van der Waals surface area contributed by atoms with Crippen LogP contribution < -0.4 is 15.8 Å². The molecule has 0 aliphatic rings. The van der Waals surface area contributed by atoms with Gasteiger partial charge in [-0.25, -0.2) is 0 Å². The summed E-state index contributed by atoms with van der Waals surface area (Å²) in [5.41, 5.74) is 7.12. The number of nitrogens with one attached hydrogen (secondary N) is 1. The van der Waals surface area contributed by atoms with Gasteiger partial charge in [0.05, 0.1) is 5.56 Å². The number of nitrogen functional groups attached to an aromatic ring is 1. The lowest BCUT2D eigenvalue weighted by Crippen LogP contribution is -2.17. The predicted octanol–water partition coefficient (Wildman–Crippen LogP) is 3.73. The molecule has 4 nitrogen and oxygen atoms in total. The Morgan fingerprint density at radius 3 is 2.45 bits per heavy atom. The Bertz CT molecular complexity index is 699. The van der Waals surface area contributed by atoms with Gasteiger partial charge in [-0.2, -0.15) is 0 Å². The fraction of sp³-hybridized carbons (Fsp3) is 0.133. The van der Waals surface area contributed by atoms with Gasteiger partial charge in [-0.3, -0.25) is 4.79 Å². The molecular formula is C15H13F3N2O2. The zero-order chi connectivity index (χ0) is 16.3. The highest BCUT2D eigenvalue weighted by Crippen LogP contribution is 2.27. The van der Waals surface area contributed by atoms with Gasteiger partial charge in [0.15, 0.2) is 0 Å². The summed E-state index contributed by atoms with van der Waals surface area (Å²) in [4.78, 5) is 12.1. The zero-order valence-electron chi connectivity index (χ0n) is 11.6. The van der Waals surface area contributed by atoms with Gasteiger partial charge in [0.25, 0.3) is 5.91 Å². The number of nitrogens with two attached hydrogens (primary N) is 1. The third-order valence-electron chi connectivity index (χ3n) is 2.89. The Kier molecular flexibility index (Phi) is 4.25. The number of alkyl halides is 3. The van der Waals surface area contributed by atoms with E-state index in [4.69, 9.17) is 5.73 Å². The molecule has 7 heteroatoms. The first-order chi connectivity index (χ1) is 10.3. The summed E-state index contributed by atoms with van der Waals surface area (Å²) in [5, 5.41) is 2.60. The molecular weight excluding hydrogens is 297 g/mol. The Hall–Kier alpha value is -2.70. The number of rotatable bonds is 3. The molecule has 0 aliphatic carbocycles. The summed E-state index contributed by atoms with van der Waals surface area (Å²) in [6.45, 7) is 1.56. The van der Waals surface area contributed by atoms with E-state index < -0.39 is 12.3 Å². The Morgan fingerprint density at radius 2 is 1.86 bits per heavy atom. The third-order valence-corrected chi connectivity index (χ3v) is 2.89. The van der Waals surface area contributed by atoms with Crippen LogP contribution in [0.5, 0.6) is 5.75 Å². The number of para-hydroxylation sites is 1. The minimum absolute atomic E-state index is 0.289. The van der Waals surface area contributed by atoms with E-state index >= 15 is 0 Å². The maximum Gasteiger partial charge on any atom is 0.573 e. The molecule has 0 spiro atoms. The van der Waals surface area contributed by atoms with Crippen molar-refractivity contribution in [1.29, 1.82) is 0 Å². The molecule has 0 radical (unpaired) electrons. The highest BCUT2D eigenvalue weighted by molar-refractivity contribution is 6.08. The Morgan fingerprint density at radius 1 is 1.18 bits per heavy atom. The molecule has 0 atom stereocenters. The number of aryl methyl sites for hydroxylation is 1. The highest BCUT2D eigenvalue weighted by Gasteiger charge is 2.31. The van der Waals surface area contributed by atoms with Gasteiger partial charge in [-0.05, 0) is 42.8 Å². The maximum absolute atomic E-state index is 12.1. The fourth-order valence-electron chi connectivity index (χ4n) is 1.87. The average Bonchev–Trinajstić information content (AvgIpc) is 2.40. The molecule has 116 valence electrons. The largest absolute Gasteiger partial charge is 0.573 e. The van der Waals surface area contributed by atoms with Crippen molar-refractivity contribution in [3.63, 3.8) is 0 Å². The van der Waals surface area contributed by atoms with Gasteiger partial charge in [-0.1, -0.05) is 12.1 Å². The molecule has 0 fully saturated rings. The Labute approximate surface area is 124 Å². The van der Waals surface area contributed by atoms with E-state index in [1.54, 1.807) is 31.2 Å². The molecule has 0 aliphatic heterocycles. The van der Waals surface area contributed by atoms with Crippen LogP contribution in [0, 0.1) is 6.92 Å². The molecule has 2 rings (SSSR count). The summed E-state index contributed by atoms with van der Waals surface area (Å²) >= 11 is 0. The van der Waals surface area contributed by atoms with Gasteiger partial charge in [0.1, 0.15) is 5.75 Å². The number of hydrogen-bond donors (Lipinski definition) is 2. The summed E-state index contributed by atoms with van der Waals surface area (Å²) < 4.78 is 40.2. The van der Waals surface area contributed by atoms with E-state index in [1.165, 1.54) is 12.1 Å². The van der Waals surface area contributed by atoms with E-state index in [0.717, 1.165) is 6.07 Å². The first-order valence-corrected chi connectivity index (χ1v) is 6.28. The van der Waals surface area contributed by atoms with Gasteiger partial charge in [0.2, 0.25) is 0 Å². The predicted molar refractivity (Wildman–Crippen MR) is 76.7 cm³/mol. The molecule has 3 N–H and O–H groups in total. The molecule has 0 bridgehead atoms. The fourth-order valence-corrected chi connectivity index (χ4v) is 1.87. The average molecular weight is 310 g/mol. The van der Waals surface area contributed by atoms with E-state index in [-0.39, 0.29) is 11.3 Å². The van der Waals surface area contributed by atoms with Crippen molar-refractivity contribution in [3.8, 4) is 5.75 Å². The number of ether oxygens (including phenoxy) is 1. The molecule has 0 aromatic heterocycles. The van der Waals surface area contributed by atoms with Crippen LogP contribution in [0.2, 0.25) is 0 Å². The summed E-state index contributed by atoms with van der Waals surface area (Å²) in [7, 11) is 0. The quantitative estimate of drug-likeness (QED) is 0.849. The normalized spacial score (nSPS) is 11.1. The van der Waals surface area contributed by atoms with E-state index in [9.17, 15) is 18.0 Å². The zero-order valence-corrected chi connectivity index (χ0v) is 11.6. The number of carbonyl (C=O) groups is 1. The van der Waals surface area contributed by atoms with Crippen LogP contribution in [0.25, 0.3) is 0 Å². The number of hydrogen-bond acceptors (Lipinski definition) is 3. The van der Waals surface area contributed by atoms with Crippen LogP contribution >= 0.6 is 0 Å². The second-order valence-electron chi connectivity index (χ2n) is 4.57. The maximum atomic E-state index is 12.1. The molecule has 0 unspecified atom stereocenters. The van der Waals surface area contributed by atoms with Crippen molar-refractivity contribution >= 4 is 17.3 Å². The van der Waals surface area contributed by atoms with Crippen LogP contribution in [0.1, 0.15) is 15.9 Å². The number of anilines is 2. The number of amides is 1. The van der Waals surface area contributed by atoms with Crippen molar-refractivity contribution in [2.75, 3.05) is 11.1 Å². The van der Waals surface area contributed by atoms with Crippen LogP contribution in [0.15, 0.2) is 42.5 Å². The molecule has 0 saturated heterocycles. The smallest absolute Gasteiger partial charge is 0.406 e. The minimum atomic E-state index is -4.75. The van der Waals surface area contributed by atoms with Crippen LogP contribution in [-0.4, -0.2) is 12.3 Å². The molecule has 2 aromatic carbocycles. The first kappa shape index (κ1) is 15.7. The number of halogens is 3. The molecule has 0 saturated carbocycles. The topological polar surface area (TPSA) is 64.3 Å². The van der Waals surface area contributed by atoms with Crippen LogP contribution in [0.3, 0.4) is 0 Å². The van der Waals surface area contributed by atoms with Gasteiger partial charge >= 0.3 is 6.36 Å². The minimum Gasteiger partial charge on any atom is -0.406 e. The van der Waals surface area contributed by atoms with Crippen molar-refractivity contribution in [3.05, 3.63) is 53.6 Å². The molecule has 2 aromatic rings. The molecule has 0 heterocycles. The summed E-state index contributed by atoms with van der Waals surface area (Å²) in [5.74, 6) is -0.784. The Balaban J connectivity index is 2.17. The van der Waals surface area contributed by atoms with E-state index in [2.05, 4.69) is 10.1 Å². The lowest BCUT2D eigenvalue weighted by atomic mass is 10.1. The second-order valence-corrected chi connectivity index (χ2v) is 4.57. The lowest BCUT2D eigenvalue weighted by Gasteiger charge is -2.13. The highest BCUT2D eigenvalue weighted by atomic mass is 19.4. The van der Waals surface area contributed by atoms with Crippen molar-refractivity contribution in [2.45, 2.75) is 13.3 Å². The molecule has 22 heavy (non-hydrogen) atoms. The van der Waals surface area contributed by atoms with Crippen LogP contribution in [-0.2, 0) is 0 Å². The number of benzene rings is 2. The second kappa shape index (κ2) is 5.97. The van der Waals surface area contributed by atoms with Gasteiger partial charge in [-0.15, -0.1) is 13.2 Å². The van der Waals surface area contributed by atoms with Crippen LogP contribution in [0.4, 0.5) is 24.5 Å². The lowest BCUT2D eigenvalue weighted by molar-refractivity contribution is -0.274. The third kappa shape index (κ3) is 3.91. The van der Waals surface area contributed by atoms with Crippen molar-refractivity contribution in [1.82, 2.24) is 0 Å². The monoisotopic (exact) mass is 310 g/mol. The summed E-state index contributed by atoms with van der Waals surface area (Å²) in [6, 6.07) is 10.2. The first-order valence-electron chi connectivity index (χ1n) is 6.28.